The first kappa shape index (κ1) is 34.4. The van der Waals surface area contributed by atoms with Crippen LogP contribution in [0.4, 0.5) is 0 Å². The number of imide groups is 1. The molecule has 11 N–H and O–H groups in total. The van der Waals surface area contributed by atoms with Crippen LogP contribution in [-0.4, -0.2) is 88.6 Å². The Labute approximate surface area is 222 Å². The van der Waals surface area contributed by atoms with Gasteiger partial charge in [-0.2, -0.15) is 0 Å². The van der Waals surface area contributed by atoms with Gasteiger partial charge in [-0.05, 0) is 38.5 Å². The second-order valence-electron chi connectivity index (χ2n) is 9.41. The molecule has 5 atom stereocenters. The van der Waals surface area contributed by atoms with E-state index in [0.29, 0.717) is 11.3 Å². The number of nitrogens with zero attached hydrogens (tertiary/aromatic N) is 2. The van der Waals surface area contributed by atoms with E-state index in [-0.39, 0.29) is 50.4 Å². The van der Waals surface area contributed by atoms with Crippen molar-refractivity contribution in [3.05, 3.63) is 0 Å². The molecule has 0 saturated carbocycles. The molecule has 15 heteroatoms. The molecule has 0 aromatic heterocycles. The van der Waals surface area contributed by atoms with E-state index >= 15 is 0 Å². The van der Waals surface area contributed by atoms with Crippen LogP contribution in [0.5, 0.6) is 0 Å². The minimum absolute atomic E-state index is 0.0700. The monoisotopic (exact) mass is 542 g/mol. The fourth-order valence-corrected chi connectivity index (χ4v) is 3.52. The summed E-state index contributed by atoms with van der Waals surface area (Å²) < 4.78 is 0. The highest BCUT2D eigenvalue weighted by Crippen LogP contribution is 2.13. The first-order valence-electron chi connectivity index (χ1n) is 12.3. The Morgan fingerprint density at radius 1 is 0.974 bits per heavy atom. The Morgan fingerprint density at radius 3 is 2.00 bits per heavy atom. The van der Waals surface area contributed by atoms with Gasteiger partial charge in [0.25, 0.3) is 5.91 Å². The van der Waals surface area contributed by atoms with E-state index in [1.807, 2.05) is 0 Å². The summed E-state index contributed by atoms with van der Waals surface area (Å²) in [5.41, 5.74) is 21.6. The van der Waals surface area contributed by atoms with Gasteiger partial charge in [0, 0.05) is 19.9 Å². The summed E-state index contributed by atoms with van der Waals surface area (Å²) in [6.07, 6.45) is -0.874. The van der Waals surface area contributed by atoms with Crippen LogP contribution in [0.15, 0.2) is 4.99 Å². The SMILES string of the molecule is CC(=O)N(C(=O)[C@H](CC(C)C)NC(=O)[C@H](CCC(N)=O)NC(=O)[C@@H](N)CCCN=C(N)N)[C@H](C=O)[C@@H](C)O. The van der Waals surface area contributed by atoms with E-state index < -0.39 is 59.8 Å². The van der Waals surface area contributed by atoms with E-state index in [9.17, 15) is 33.9 Å². The van der Waals surface area contributed by atoms with Crippen molar-refractivity contribution in [1.82, 2.24) is 15.5 Å². The van der Waals surface area contributed by atoms with Crippen molar-refractivity contribution in [1.29, 1.82) is 0 Å². The molecular weight excluding hydrogens is 500 g/mol. The van der Waals surface area contributed by atoms with Gasteiger partial charge in [-0.15, -0.1) is 0 Å². The summed E-state index contributed by atoms with van der Waals surface area (Å²) in [5.74, 6) is -4.19. The number of aldehydes is 1. The summed E-state index contributed by atoms with van der Waals surface area (Å²) >= 11 is 0. The Bertz CT molecular complexity index is 874. The summed E-state index contributed by atoms with van der Waals surface area (Å²) in [7, 11) is 0. The second-order valence-corrected chi connectivity index (χ2v) is 9.41. The predicted octanol–water partition coefficient (Wildman–Crippen LogP) is -3.03. The van der Waals surface area contributed by atoms with Crippen molar-refractivity contribution < 1.29 is 33.9 Å². The number of amides is 5. The van der Waals surface area contributed by atoms with Crippen LogP contribution in [-0.2, 0) is 28.8 Å². The van der Waals surface area contributed by atoms with Crippen LogP contribution in [0.25, 0.3) is 0 Å². The number of rotatable bonds is 17. The summed E-state index contributed by atoms with van der Waals surface area (Å²) in [6.45, 7) is 6.08. The zero-order chi connectivity index (χ0) is 29.6. The zero-order valence-electron chi connectivity index (χ0n) is 22.4. The fourth-order valence-electron chi connectivity index (χ4n) is 3.52. The Kier molecular flexibility index (Phi) is 15.4. The number of aliphatic imine (C=N–C) groups is 1. The lowest BCUT2D eigenvalue weighted by Crippen LogP contribution is -2.59. The largest absolute Gasteiger partial charge is 0.391 e. The number of nitrogens with one attached hydrogen (secondary N) is 2. The summed E-state index contributed by atoms with van der Waals surface area (Å²) in [5, 5.41) is 14.9. The van der Waals surface area contributed by atoms with E-state index in [1.54, 1.807) is 13.8 Å². The molecule has 38 heavy (non-hydrogen) atoms. The minimum Gasteiger partial charge on any atom is -0.391 e. The van der Waals surface area contributed by atoms with Crippen LogP contribution in [0.3, 0.4) is 0 Å². The van der Waals surface area contributed by atoms with E-state index in [4.69, 9.17) is 22.9 Å². The molecule has 0 aromatic rings. The molecule has 0 heterocycles. The van der Waals surface area contributed by atoms with Gasteiger partial charge in [-0.25, -0.2) is 0 Å². The van der Waals surface area contributed by atoms with Crippen LogP contribution >= 0.6 is 0 Å². The lowest BCUT2D eigenvalue weighted by Gasteiger charge is -2.32. The Morgan fingerprint density at radius 2 is 1.55 bits per heavy atom. The van der Waals surface area contributed by atoms with Crippen molar-refractivity contribution in [2.45, 2.75) is 90.1 Å². The molecule has 0 saturated heterocycles. The predicted molar refractivity (Wildman–Crippen MR) is 139 cm³/mol. The molecular formula is C23H42N8O7. The highest BCUT2D eigenvalue weighted by Gasteiger charge is 2.37. The van der Waals surface area contributed by atoms with Crippen molar-refractivity contribution in [2.24, 2.45) is 33.8 Å². The van der Waals surface area contributed by atoms with Crippen molar-refractivity contribution in [2.75, 3.05) is 6.54 Å². The first-order valence-corrected chi connectivity index (χ1v) is 12.3. The molecule has 0 aromatic carbocycles. The topological polar surface area (TPSA) is 266 Å². The van der Waals surface area contributed by atoms with Crippen LogP contribution < -0.4 is 33.6 Å². The number of primary amides is 1. The number of carbonyl (C=O) groups is 6. The molecule has 0 spiro atoms. The molecule has 0 aliphatic rings. The molecule has 0 bridgehead atoms. The van der Waals surface area contributed by atoms with Gasteiger partial charge in [-0.1, -0.05) is 13.8 Å². The van der Waals surface area contributed by atoms with Gasteiger partial charge in [0.1, 0.15) is 24.4 Å². The molecule has 15 nitrogen and oxygen atoms in total. The smallest absolute Gasteiger partial charge is 0.252 e. The Hall–Kier alpha value is -3.59. The van der Waals surface area contributed by atoms with Crippen molar-refractivity contribution >= 4 is 41.8 Å². The quantitative estimate of drug-likeness (QED) is 0.0423. The molecule has 0 aliphatic carbocycles. The van der Waals surface area contributed by atoms with E-state index in [2.05, 4.69) is 15.6 Å². The Balaban J connectivity index is 5.81. The lowest BCUT2D eigenvalue weighted by molar-refractivity contribution is -0.153. The standard InChI is InChI=1S/C23H42N8O7/c1-12(2)10-17(22(38)31(14(4)34)18(11-32)13(3)33)30-21(37)16(7-8-19(25)35)29-20(36)15(24)6-5-9-28-23(26)27/h11-13,15-18,33H,5-10,24H2,1-4H3,(H2,25,35)(H,29,36)(H,30,37)(H4,26,27,28)/t13-,15+,16+,17+,18-/m1/s1. The maximum Gasteiger partial charge on any atom is 0.252 e. The third kappa shape index (κ3) is 12.6. The molecule has 216 valence electrons. The first-order chi connectivity index (χ1) is 17.6. The number of guanidine groups is 1. The van der Waals surface area contributed by atoms with Gasteiger partial charge < -0.3 is 43.5 Å². The summed E-state index contributed by atoms with van der Waals surface area (Å²) in [4.78, 5) is 78.6. The highest BCUT2D eigenvalue weighted by atomic mass is 16.3. The maximum absolute atomic E-state index is 13.3. The maximum atomic E-state index is 13.3. The van der Waals surface area contributed by atoms with Gasteiger partial charge in [0.05, 0.1) is 12.1 Å². The van der Waals surface area contributed by atoms with Crippen LogP contribution in [0, 0.1) is 5.92 Å². The van der Waals surface area contributed by atoms with Gasteiger partial charge in [-0.3, -0.25) is 33.9 Å². The van der Waals surface area contributed by atoms with E-state index in [0.717, 1.165) is 6.92 Å². The molecule has 0 aliphatic heterocycles. The number of aliphatic hydroxyl groups excluding tert-OH is 1. The number of carbonyl (C=O) groups excluding carboxylic acids is 6. The molecule has 0 fully saturated rings. The summed E-state index contributed by atoms with van der Waals surface area (Å²) in [6, 6.07) is -5.05. The zero-order valence-corrected chi connectivity index (χ0v) is 22.4. The van der Waals surface area contributed by atoms with Gasteiger partial charge in [0.15, 0.2) is 5.96 Å². The van der Waals surface area contributed by atoms with E-state index in [1.165, 1.54) is 6.92 Å². The number of hydrogen-bond acceptors (Lipinski definition) is 9. The lowest BCUT2D eigenvalue weighted by atomic mass is 10.00. The van der Waals surface area contributed by atoms with Crippen molar-refractivity contribution in [3.8, 4) is 0 Å². The number of aliphatic hydroxyl groups is 1. The van der Waals surface area contributed by atoms with Crippen LogP contribution in [0.1, 0.15) is 59.8 Å². The minimum atomic E-state index is -1.46. The second kappa shape index (κ2) is 17.0. The third-order valence-corrected chi connectivity index (χ3v) is 5.45. The molecule has 0 unspecified atom stereocenters. The third-order valence-electron chi connectivity index (χ3n) is 5.45. The number of hydrogen-bond donors (Lipinski definition) is 7. The van der Waals surface area contributed by atoms with Gasteiger partial charge >= 0.3 is 0 Å². The fraction of sp³-hybridized carbons (Fsp3) is 0.696. The van der Waals surface area contributed by atoms with Crippen LogP contribution in [0.2, 0.25) is 0 Å². The molecule has 0 rings (SSSR count). The number of nitrogens with two attached hydrogens (primary N) is 4. The normalized spacial score (nSPS) is 14.8. The van der Waals surface area contributed by atoms with Gasteiger partial charge in [0.2, 0.25) is 23.6 Å². The average Bonchev–Trinajstić information content (AvgIpc) is 2.80. The van der Waals surface area contributed by atoms with Crippen molar-refractivity contribution in [3.63, 3.8) is 0 Å². The molecule has 5 amide bonds. The average molecular weight is 543 g/mol. The molecule has 0 radical (unpaired) electrons. The highest BCUT2D eigenvalue weighted by molar-refractivity contribution is 6.01.